The van der Waals surface area contributed by atoms with Gasteiger partial charge in [-0.3, -0.25) is 14.2 Å². The lowest BCUT2D eigenvalue weighted by atomic mass is 10.2. The number of rotatable bonds is 8. The van der Waals surface area contributed by atoms with Crippen LogP contribution in [0.2, 0.25) is 0 Å². The number of Topliss-reactive ketones (excluding diaryl/α,β-unsaturated/α-hetero) is 1. The van der Waals surface area contributed by atoms with Crippen molar-refractivity contribution in [3.05, 3.63) is 78.8 Å². The van der Waals surface area contributed by atoms with Crippen molar-refractivity contribution in [2.24, 2.45) is 0 Å². The van der Waals surface area contributed by atoms with E-state index >= 15 is 0 Å². The molecular weight excluding hydrogens is 372 g/mol. The van der Waals surface area contributed by atoms with Crippen molar-refractivity contribution in [2.45, 2.75) is 6.92 Å². The van der Waals surface area contributed by atoms with Gasteiger partial charge < -0.3 is 10.1 Å². The molecule has 0 radical (unpaired) electrons. The van der Waals surface area contributed by atoms with Crippen molar-refractivity contribution in [2.75, 3.05) is 13.2 Å². The van der Waals surface area contributed by atoms with Gasteiger partial charge in [0, 0.05) is 12.7 Å². The van der Waals surface area contributed by atoms with Crippen molar-refractivity contribution in [1.29, 1.82) is 0 Å². The standard InChI is InChI=1S/C21H20N4O4/c1-3-12-22-19(27)18(26)17-11-8-13-24(17)20-16(21(28)29-4-2)14-23-25(20)15-9-6-5-7-10-15/h3,5-11,13-14H,1,4,12H2,2H3,(H,22,27). The number of carbonyl (C=O) groups is 3. The fourth-order valence-electron chi connectivity index (χ4n) is 2.80. The number of nitrogens with one attached hydrogen (secondary N) is 1. The molecule has 0 aliphatic heterocycles. The van der Waals surface area contributed by atoms with Gasteiger partial charge in [0.05, 0.1) is 18.5 Å². The normalized spacial score (nSPS) is 10.4. The summed E-state index contributed by atoms with van der Waals surface area (Å²) in [5.41, 5.74) is 0.948. The summed E-state index contributed by atoms with van der Waals surface area (Å²) in [6.07, 6.45) is 4.45. The van der Waals surface area contributed by atoms with E-state index in [4.69, 9.17) is 4.74 Å². The summed E-state index contributed by atoms with van der Waals surface area (Å²) in [5.74, 6) is -1.78. The van der Waals surface area contributed by atoms with E-state index in [9.17, 15) is 14.4 Å². The van der Waals surface area contributed by atoms with Crippen molar-refractivity contribution in [1.82, 2.24) is 19.7 Å². The molecular formula is C21H20N4O4. The third-order valence-electron chi connectivity index (χ3n) is 4.06. The molecule has 29 heavy (non-hydrogen) atoms. The smallest absolute Gasteiger partial charge is 0.343 e. The maximum atomic E-state index is 12.7. The highest BCUT2D eigenvalue weighted by atomic mass is 16.5. The molecule has 0 aliphatic carbocycles. The van der Waals surface area contributed by atoms with E-state index in [-0.39, 0.29) is 24.4 Å². The van der Waals surface area contributed by atoms with Crippen LogP contribution in [0.25, 0.3) is 11.5 Å². The third-order valence-corrected chi connectivity index (χ3v) is 4.06. The lowest BCUT2D eigenvalue weighted by Crippen LogP contribution is -2.32. The van der Waals surface area contributed by atoms with Gasteiger partial charge in [-0.25, -0.2) is 9.48 Å². The van der Waals surface area contributed by atoms with Gasteiger partial charge in [-0.2, -0.15) is 5.10 Å². The van der Waals surface area contributed by atoms with E-state index in [1.54, 1.807) is 19.2 Å². The second kappa shape index (κ2) is 8.83. The van der Waals surface area contributed by atoms with Crippen molar-refractivity contribution >= 4 is 17.7 Å². The number of ketones is 1. The van der Waals surface area contributed by atoms with Crippen LogP contribution < -0.4 is 5.32 Å². The summed E-state index contributed by atoms with van der Waals surface area (Å²) in [6.45, 7) is 5.57. The number of amides is 1. The molecule has 8 nitrogen and oxygen atoms in total. The molecule has 2 aromatic heterocycles. The Morgan fingerprint density at radius 1 is 1.17 bits per heavy atom. The van der Waals surface area contributed by atoms with Gasteiger partial charge in [-0.1, -0.05) is 24.3 Å². The predicted molar refractivity (Wildman–Crippen MR) is 106 cm³/mol. The number of nitrogens with zero attached hydrogens (tertiary/aromatic N) is 3. The van der Waals surface area contributed by atoms with E-state index in [1.165, 1.54) is 27.6 Å². The summed E-state index contributed by atoms with van der Waals surface area (Å²) >= 11 is 0. The highest BCUT2D eigenvalue weighted by Crippen LogP contribution is 2.23. The molecule has 148 valence electrons. The van der Waals surface area contributed by atoms with Gasteiger partial charge in [0.1, 0.15) is 11.3 Å². The first-order chi connectivity index (χ1) is 14.1. The Hall–Kier alpha value is -3.94. The predicted octanol–water partition coefficient (Wildman–Crippen LogP) is 2.32. The Kier molecular flexibility index (Phi) is 6.03. The fraction of sp³-hybridized carbons (Fsp3) is 0.143. The van der Waals surface area contributed by atoms with Crippen LogP contribution in [0.15, 0.2) is 67.5 Å². The number of carbonyl (C=O) groups excluding carboxylic acids is 3. The van der Waals surface area contributed by atoms with E-state index in [1.807, 2.05) is 30.3 Å². The minimum atomic E-state index is -0.770. The zero-order valence-corrected chi connectivity index (χ0v) is 15.9. The second-order valence-electron chi connectivity index (χ2n) is 5.94. The second-order valence-corrected chi connectivity index (χ2v) is 5.94. The van der Waals surface area contributed by atoms with Gasteiger partial charge in [0.2, 0.25) is 0 Å². The van der Waals surface area contributed by atoms with Gasteiger partial charge >= 0.3 is 5.97 Å². The molecule has 1 N–H and O–H groups in total. The number of ether oxygens (including phenoxy) is 1. The topological polar surface area (TPSA) is 95.2 Å². The van der Waals surface area contributed by atoms with E-state index in [0.29, 0.717) is 11.5 Å². The van der Waals surface area contributed by atoms with Crippen LogP contribution in [0.5, 0.6) is 0 Å². The Labute approximate surface area is 167 Å². The summed E-state index contributed by atoms with van der Waals surface area (Å²) in [4.78, 5) is 37.3. The monoisotopic (exact) mass is 392 g/mol. The van der Waals surface area contributed by atoms with Gasteiger partial charge in [0.25, 0.3) is 11.7 Å². The van der Waals surface area contributed by atoms with Gasteiger partial charge in [-0.05, 0) is 31.2 Å². The molecule has 1 aromatic carbocycles. The summed E-state index contributed by atoms with van der Waals surface area (Å²) in [6, 6.07) is 12.3. The molecule has 0 spiro atoms. The third kappa shape index (κ3) is 4.01. The molecule has 1 amide bonds. The first kappa shape index (κ1) is 19.8. The zero-order chi connectivity index (χ0) is 20.8. The van der Waals surface area contributed by atoms with Crippen LogP contribution in [0.1, 0.15) is 27.8 Å². The Bertz CT molecular complexity index is 1050. The largest absolute Gasteiger partial charge is 0.462 e. The molecule has 0 aliphatic rings. The van der Waals surface area contributed by atoms with Crippen LogP contribution in [0, 0.1) is 0 Å². The first-order valence-corrected chi connectivity index (χ1v) is 9.00. The summed E-state index contributed by atoms with van der Waals surface area (Å²) in [5, 5.41) is 6.77. The number of benzene rings is 1. The molecule has 2 heterocycles. The number of hydrogen-bond donors (Lipinski definition) is 1. The molecule has 0 fully saturated rings. The molecule has 0 unspecified atom stereocenters. The van der Waals surface area contributed by atoms with Crippen molar-refractivity contribution in [3.8, 4) is 11.5 Å². The van der Waals surface area contributed by atoms with Crippen LogP contribution in [0.3, 0.4) is 0 Å². The number of hydrogen-bond acceptors (Lipinski definition) is 5. The quantitative estimate of drug-likeness (QED) is 0.275. The van der Waals surface area contributed by atoms with Gasteiger partial charge in [0.15, 0.2) is 5.82 Å². The lowest BCUT2D eigenvalue weighted by molar-refractivity contribution is -0.116. The highest BCUT2D eigenvalue weighted by molar-refractivity contribution is 6.42. The summed E-state index contributed by atoms with van der Waals surface area (Å²) in [7, 11) is 0. The number of aromatic nitrogens is 3. The average Bonchev–Trinajstić information content (AvgIpc) is 3.38. The minimum absolute atomic E-state index is 0.0924. The van der Waals surface area contributed by atoms with Gasteiger partial charge in [-0.15, -0.1) is 6.58 Å². The molecule has 0 saturated heterocycles. The zero-order valence-electron chi connectivity index (χ0n) is 15.9. The molecule has 3 rings (SSSR count). The Balaban J connectivity index is 2.13. The molecule has 0 bridgehead atoms. The maximum Gasteiger partial charge on any atom is 0.343 e. The van der Waals surface area contributed by atoms with E-state index in [2.05, 4.69) is 17.0 Å². The fourth-order valence-corrected chi connectivity index (χ4v) is 2.80. The lowest BCUT2D eigenvalue weighted by Gasteiger charge is -2.13. The van der Waals surface area contributed by atoms with E-state index in [0.717, 1.165) is 0 Å². The molecule has 0 saturated carbocycles. The van der Waals surface area contributed by atoms with Crippen LogP contribution >= 0.6 is 0 Å². The van der Waals surface area contributed by atoms with Crippen molar-refractivity contribution in [3.63, 3.8) is 0 Å². The number of esters is 1. The number of para-hydroxylation sites is 1. The molecule has 3 aromatic rings. The maximum absolute atomic E-state index is 12.7. The van der Waals surface area contributed by atoms with E-state index < -0.39 is 17.7 Å². The molecule has 8 heteroatoms. The Morgan fingerprint density at radius 2 is 1.93 bits per heavy atom. The van der Waals surface area contributed by atoms with Crippen LogP contribution in [-0.4, -0.2) is 45.2 Å². The average molecular weight is 392 g/mol. The first-order valence-electron chi connectivity index (χ1n) is 9.00. The van der Waals surface area contributed by atoms with Crippen LogP contribution in [0.4, 0.5) is 0 Å². The SMILES string of the molecule is C=CCNC(=O)C(=O)c1cccn1-c1c(C(=O)OCC)cnn1-c1ccccc1. The van der Waals surface area contributed by atoms with Crippen molar-refractivity contribution < 1.29 is 19.1 Å². The highest BCUT2D eigenvalue weighted by Gasteiger charge is 2.26. The van der Waals surface area contributed by atoms with Crippen LogP contribution in [-0.2, 0) is 9.53 Å². The Morgan fingerprint density at radius 3 is 2.62 bits per heavy atom. The molecule has 0 atom stereocenters. The summed E-state index contributed by atoms with van der Waals surface area (Å²) < 4.78 is 8.11. The minimum Gasteiger partial charge on any atom is -0.462 e.